The molecule has 0 aromatic rings. The Kier molecular flexibility index (Phi) is 3.80. The number of carbonyl (C=O) groups excluding carboxylic acids is 1. The van der Waals surface area contributed by atoms with E-state index >= 15 is 0 Å². The largest absolute Gasteiger partial charge is 0.334 e. The van der Waals surface area contributed by atoms with Crippen LogP contribution in [-0.4, -0.2) is 21.9 Å². The number of nitrogens with zero attached hydrogens (tertiary/aromatic N) is 1. The first kappa shape index (κ1) is 11.2. The minimum atomic E-state index is 0.124. The fraction of sp³-hybridized carbons (Fsp3) is 0.875. The zero-order valence-corrected chi connectivity index (χ0v) is 9.97. The van der Waals surface area contributed by atoms with Crippen molar-refractivity contribution >= 4 is 28.5 Å². The summed E-state index contributed by atoms with van der Waals surface area (Å²) >= 11 is 2.29. The summed E-state index contributed by atoms with van der Waals surface area (Å²) in [6, 6.07) is 0. The second-order valence-electron chi connectivity index (χ2n) is 3.83. The summed E-state index contributed by atoms with van der Waals surface area (Å²) in [5.74, 6) is 0.124. The van der Waals surface area contributed by atoms with Gasteiger partial charge in [0.2, 0.25) is 5.91 Å². The molecule has 0 saturated heterocycles. The number of alkyl halides is 1. The van der Waals surface area contributed by atoms with Gasteiger partial charge in [-0.1, -0.05) is 43.4 Å². The summed E-state index contributed by atoms with van der Waals surface area (Å²) in [7, 11) is 1.84. The number of carbonyl (C=O) groups is 1. The minimum Gasteiger partial charge on any atom is -0.334 e. The Morgan fingerprint density at radius 3 is 1.91 bits per heavy atom. The first-order valence-electron chi connectivity index (χ1n) is 3.64. The Morgan fingerprint density at radius 2 is 1.82 bits per heavy atom. The molecule has 0 radical (unpaired) electrons. The van der Waals surface area contributed by atoms with Crippen molar-refractivity contribution in [1.29, 1.82) is 0 Å². The van der Waals surface area contributed by atoms with Gasteiger partial charge in [0.15, 0.2) is 0 Å². The second kappa shape index (κ2) is 3.74. The predicted molar refractivity (Wildman–Crippen MR) is 55.7 cm³/mol. The highest BCUT2D eigenvalue weighted by Gasteiger charge is 2.26. The summed E-state index contributed by atoms with van der Waals surface area (Å²) in [4.78, 5) is 12.7. The molecule has 2 nitrogen and oxygen atoms in total. The monoisotopic (exact) mass is 269 g/mol. The van der Waals surface area contributed by atoms with Gasteiger partial charge in [0.25, 0.3) is 0 Å². The van der Waals surface area contributed by atoms with Gasteiger partial charge in [-0.15, -0.1) is 0 Å². The van der Waals surface area contributed by atoms with Gasteiger partial charge in [0, 0.05) is 14.0 Å². The molecule has 0 aliphatic heterocycles. The van der Waals surface area contributed by atoms with Crippen LogP contribution in [0.2, 0.25) is 0 Å². The van der Waals surface area contributed by atoms with E-state index in [0.29, 0.717) is 0 Å². The lowest BCUT2D eigenvalue weighted by molar-refractivity contribution is -0.129. The molecule has 0 aliphatic carbocycles. The van der Waals surface area contributed by atoms with Gasteiger partial charge in [0.05, 0.1) is 4.05 Å². The van der Waals surface area contributed by atoms with Crippen LogP contribution < -0.4 is 0 Å². The topological polar surface area (TPSA) is 20.3 Å². The van der Waals surface area contributed by atoms with Crippen molar-refractivity contribution in [2.45, 2.75) is 31.7 Å². The number of amides is 1. The standard InChI is InChI=1S/C8H16INO/c1-6(11)10(5)7(9)8(2,3)4/h7H,1-5H3. The summed E-state index contributed by atoms with van der Waals surface area (Å²) in [6.07, 6.45) is 0. The Balaban J connectivity index is 4.25. The van der Waals surface area contributed by atoms with Crippen LogP contribution >= 0.6 is 22.6 Å². The zero-order valence-electron chi connectivity index (χ0n) is 7.81. The van der Waals surface area contributed by atoms with E-state index in [2.05, 4.69) is 43.4 Å². The van der Waals surface area contributed by atoms with E-state index in [1.54, 1.807) is 11.8 Å². The molecule has 3 heteroatoms. The first-order chi connectivity index (χ1) is 4.76. The maximum atomic E-state index is 11.0. The van der Waals surface area contributed by atoms with Crippen molar-refractivity contribution in [3.63, 3.8) is 0 Å². The Morgan fingerprint density at radius 1 is 1.45 bits per heavy atom. The third kappa shape index (κ3) is 3.40. The molecule has 0 saturated carbocycles. The molecule has 0 aromatic carbocycles. The highest BCUT2D eigenvalue weighted by Crippen LogP contribution is 2.28. The van der Waals surface area contributed by atoms with Crippen LogP contribution in [0.15, 0.2) is 0 Å². The fourth-order valence-electron chi connectivity index (χ4n) is 0.741. The van der Waals surface area contributed by atoms with Gasteiger partial charge < -0.3 is 4.90 Å². The van der Waals surface area contributed by atoms with E-state index in [-0.39, 0.29) is 15.4 Å². The Labute approximate surface area is 82.5 Å². The van der Waals surface area contributed by atoms with E-state index in [4.69, 9.17) is 0 Å². The molecule has 0 fully saturated rings. The van der Waals surface area contributed by atoms with Crippen LogP contribution in [0.1, 0.15) is 27.7 Å². The van der Waals surface area contributed by atoms with E-state index in [0.717, 1.165) is 0 Å². The third-order valence-corrected chi connectivity index (χ3v) is 4.26. The molecule has 11 heavy (non-hydrogen) atoms. The van der Waals surface area contributed by atoms with Crippen LogP contribution in [0.4, 0.5) is 0 Å². The van der Waals surface area contributed by atoms with Crippen molar-refractivity contribution in [2.24, 2.45) is 5.41 Å². The average Bonchev–Trinajstić information content (AvgIpc) is 1.82. The van der Waals surface area contributed by atoms with Gasteiger partial charge in [0.1, 0.15) is 0 Å². The minimum absolute atomic E-state index is 0.124. The van der Waals surface area contributed by atoms with E-state index in [1.807, 2.05) is 7.05 Å². The van der Waals surface area contributed by atoms with Crippen molar-refractivity contribution in [2.75, 3.05) is 7.05 Å². The van der Waals surface area contributed by atoms with E-state index in [1.165, 1.54) is 0 Å². The van der Waals surface area contributed by atoms with E-state index in [9.17, 15) is 4.79 Å². The SMILES string of the molecule is CC(=O)N(C)C(I)C(C)(C)C. The highest BCUT2D eigenvalue weighted by molar-refractivity contribution is 14.1. The summed E-state index contributed by atoms with van der Waals surface area (Å²) in [5, 5.41) is 0. The zero-order chi connectivity index (χ0) is 9.23. The van der Waals surface area contributed by atoms with Gasteiger partial charge in [-0.25, -0.2) is 0 Å². The third-order valence-electron chi connectivity index (χ3n) is 1.55. The smallest absolute Gasteiger partial charge is 0.220 e. The molecule has 66 valence electrons. The molecule has 0 spiro atoms. The molecule has 0 heterocycles. The molecule has 0 aromatic heterocycles. The van der Waals surface area contributed by atoms with Gasteiger partial charge >= 0.3 is 0 Å². The highest BCUT2D eigenvalue weighted by atomic mass is 127. The normalized spacial score (nSPS) is 14.4. The van der Waals surface area contributed by atoms with Gasteiger partial charge in [-0.2, -0.15) is 0 Å². The summed E-state index contributed by atoms with van der Waals surface area (Å²) in [6.45, 7) is 7.98. The van der Waals surface area contributed by atoms with Crippen molar-refractivity contribution in [1.82, 2.24) is 4.90 Å². The van der Waals surface area contributed by atoms with Crippen molar-refractivity contribution in [3.05, 3.63) is 0 Å². The quantitative estimate of drug-likeness (QED) is 0.406. The molecule has 0 rings (SSSR count). The molecule has 0 aliphatic rings. The molecule has 1 amide bonds. The lowest BCUT2D eigenvalue weighted by Gasteiger charge is -2.33. The fourth-order valence-corrected chi connectivity index (χ4v) is 1.13. The Bertz CT molecular complexity index is 151. The van der Waals surface area contributed by atoms with Crippen molar-refractivity contribution < 1.29 is 4.79 Å². The van der Waals surface area contributed by atoms with Crippen LogP contribution in [0.3, 0.4) is 0 Å². The summed E-state index contributed by atoms with van der Waals surface area (Å²) in [5.41, 5.74) is 0.154. The molecule has 0 bridgehead atoms. The molecule has 0 N–H and O–H groups in total. The number of halogens is 1. The molecule has 1 atom stereocenters. The second-order valence-corrected chi connectivity index (χ2v) is 5.01. The maximum absolute atomic E-state index is 11.0. The average molecular weight is 269 g/mol. The van der Waals surface area contributed by atoms with Crippen LogP contribution in [0.5, 0.6) is 0 Å². The number of hydrogen-bond acceptors (Lipinski definition) is 1. The van der Waals surface area contributed by atoms with Crippen LogP contribution in [0.25, 0.3) is 0 Å². The number of hydrogen-bond donors (Lipinski definition) is 0. The van der Waals surface area contributed by atoms with Gasteiger partial charge in [-0.3, -0.25) is 4.79 Å². The molecule has 1 unspecified atom stereocenters. The molecular formula is C8H16INO. The Hall–Kier alpha value is 0.200. The molecular weight excluding hydrogens is 253 g/mol. The van der Waals surface area contributed by atoms with Gasteiger partial charge in [-0.05, 0) is 5.41 Å². The lowest BCUT2D eigenvalue weighted by Crippen LogP contribution is -2.39. The summed E-state index contributed by atoms with van der Waals surface area (Å²) < 4.78 is 0.262. The van der Waals surface area contributed by atoms with E-state index < -0.39 is 0 Å². The first-order valence-corrected chi connectivity index (χ1v) is 4.89. The maximum Gasteiger partial charge on any atom is 0.220 e. The lowest BCUT2D eigenvalue weighted by atomic mass is 9.96. The predicted octanol–water partition coefficient (Wildman–Crippen LogP) is 2.27. The van der Waals surface area contributed by atoms with Crippen LogP contribution in [0, 0.1) is 5.41 Å². The van der Waals surface area contributed by atoms with Crippen molar-refractivity contribution in [3.8, 4) is 0 Å². The number of rotatable bonds is 1. The van der Waals surface area contributed by atoms with Crippen LogP contribution in [-0.2, 0) is 4.79 Å².